The van der Waals surface area contributed by atoms with Gasteiger partial charge in [-0.2, -0.15) is 0 Å². The van der Waals surface area contributed by atoms with E-state index in [0.29, 0.717) is 6.04 Å². The summed E-state index contributed by atoms with van der Waals surface area (Å²) < 4.78 is 0.894. The fraction of sp³-hybridized carbons (Fsp3) is 0.600. The lowest BCUT2D eigenvalue weighted by atomic mass is 9.95. The van der Waals surface area contributed by atoms with Crippen LogP contribution in [-0.4, -0.2) is 6.04 Å². The predicted octanol–water partition coefficient (Wildman–Crippen LogP) is 4.15. The first-order valence-corrected chi connectivity index (χ1v) is 6.11. The van der Waals surface area contributed by atoms with Crippen molar-refractivity contribution in [3.05, 3.63) is 15.8 Å². The number of hydrogen-bond acceptors (Lipinski definition) is 2. The Morgan fingerprint density at radius 1 is 1.31 bits per heavy atom. The van der Waals surface area contributed by atoms with E-state index in [1.807, 2.05) is 5.38 Å². The van der Waals surface area contributed by atoms with Crippen molar-refractivity contribution < 1.29 is 0 Å². The highest BCUT2D eigenvalue weighted by atomic mass is 35.5. The molecule has 1 N–H and O–H groups in total. The lowest BCUT2D eigenvalue weighted by Crippen LogP contribution is -2.21. The van der Waals surface area contributed by atoms with Crippen molar-refractivity contribution in [2.24, 2.45) is 0 Å². The molecular formula is C10H14ClNS. The van der Waals surface area contributed by atoms with Crippen molar-refractivity contribution in [1.82, 2.24) is 0 Å². The zero-order valence-electron chi connectivity index (χ0n) is 7.55. The van der Waals surface area contributed by atoms with E-state index >= 15 is 0 Å². The van der Waals surface area contributed by atoms with Crippen LogP contribution in [0.15, 0.2) is 11.4 Å². The zero-order chi connectivity index (χ0) is 9.10. The van der Waals surface area contributed by atoms with Crippen LogP contribution in [0, 0.1) is 0 Å². The molecule has 0 saturated heterocycles. The molecule has 0 spiro atoms. The van der Waals surface area contributed by atoms with Crippen molar-refractivity contribution in [2.75, 3.05) is 5.32 Å². The summed E-state index contributed by atoms with van der Waals surface area (Å²) in [5, 5.41) is 5.54. The van der Waals surface area contributed by atoms with E-state index in [4.69, 9.17) is 11.6 Å². The molecule has 0 atom stereocenters. The van der Waals surface area contributed by atoms with Crippen molar-refractivity contribution in [2.45, 2.75) is 38.1 Å². The molecule has 0 aromatic carbocycles. The van der Waals surface area contributed by atoms with E-state index in [-0.39, 0.29) is 0 Å². The lowest BCUT2D eigenvalue weighted by Gasteiger charge is -2.23. The van der Waals surface area contributed by atoms with Crippen LogP contribution in [0.3, 0.4) is 0 Å². The summed E-state index contributed by atoms with van der Waals surface area (Å²) in [6, 6.07) is 2.72. The molecule has 1 aromatic rings. The van der Waals surface area contributed by atoms with E-state index in [2.05, 4.69) is 11.4 Å². The Balaban J connectivity index is 1.93. The fourth-order valence-electron chi connectivity index (χ4n) is 1.86. The Morgan fingerprint density at radius 2 is 2.08 bits per heavy atom. The summed E-state index contributed by atoms with van der Waals surface area (Å²) in [5.41, 5.74) is 1.12. The highest BCUT2D eigenvalue weighted by Crippen LogP contribution is 2.30. The normalized spacial score (nSPS) is 18.8. The third-order valence-electron chi connectivity index (χ3n) is 2.58. The third kappa shape index (κ3) is 2.38. The molecule has 2 rings (SSSR count). The minimum Gasteiger partial charge on any atom is -0.380 e. The van der Waals surface area contributed by atoms with E-state index in [0.717, 1.165) is 10.0 Å². The Morgan fingerprint density at radius 3 is 2.69 bits per heavy atom. The van der Waals surface area contributed by atoms with Gasteiger partial charge >= 0.3 is 0 Å². The SMILES string of the molecule is Clc1sccc1NC1CCCCC1. The van der Waals surface area contributed by atoms with Crippen LogP contribution < -0.4 is 5.32 Å². The average molecular weight is 216 g/mol. The largest absolute Gasteiger partial charge is 0.380 e. The summed E-state index contributed by atoms with van der Waals surface area (Å²) in [5.74, 6) is 0. The molecule has 1 aliphatic carbocycles. The Hall–Kier alpha value is -0.210. The van der Waals surface area contributed by atoms with Gasteiger partial charge < -0.3 is 5.32 Å². The summed E-state index contributed by atoms with van der Waals surface area (Å²) in [4.78, 5) is 0. The first-order chi connectivity index (χ1) is 6.36. The van der Waals surface area contributed by atoms with E-state index in [9.17, 15) is 0 Å². The zero-order valence-corrected chi connectivity index (χ0v) is 9.13. The lowest BCUT2D eigenvalue weighted by molar-refractivity contribution is 0.463. The molecule has 1 fully saturated rings. The molecule has 0 radical (unpaired) electrons. The monoisotopic (exact) mass is 215 g/mol. The standard InChI is InChI=1S/C10H14ClNS/c11-10-9(6-7-13-10)12-8-4-2-1-3-5-8/h6-8,12H,1-5H2. The van der Waals surface area contributed by atoms with Gasteiger partial charge in [0, 0.05) is 6.04 Å². The molecular weight excluding hydrogens is 202 g/mol. The van der Waals surface area contributed by atoms with Crippen molar-refractivity contribution in [1.29, 1.82) is 0 Å². The third-order valence-corrected chi connectivity index (χ3v) is 3.75. The Bertz CT molecular complexity index is 266. The molecule has 0 unspecified atom stereocenters. The number of halogens is 1. The summed E-state index contributed by atoms with van der Waals surface area (Å²) >= 11 is 7.61. The highest BCUT2D eigenvalue weighted by Gasteiger charge is 2.14. The average Bonchev–Trinajstić information content (AvgIpc) is 2.54. The van der Waals surface area contributed by atoms with Crippen LogP contribution in [0.4, 0.5) is 5.69 Å². The van der Waals surface area contributed by atoms with Gasteiger partial charge in [0.05, 0.1) is 5.69 Å². The molecule has 1 heterocycles. The van der Waals surface area contributed by atoms with Crippen LogP contribution in [0.2, 0.25) is 4.34 Å². The number of anilines is 1. The first kappa shape index (κ1) is 9.35. The molecule has 0 bridgehead atoms. The number of nitrogens with one attached hydrogen (secondary N) is 1. The van der Waals surface area contributed by atoms with E-state index < -0.39 is 0 Å². The number of rotatable bonds is 2. The summed E-state index contributed by atoms with van der Waals surface area (Å²) in [6.07, 6.45) is 6.72. The molecule has 72 valence electrons. The van der Waals surface area contributed by atoms with Crippen molar-refractivity contribution in [3.63, 3.8) is 0 Å². The molecule has 0 aliphatic heterocycles. The topological polar surface area (TPSA) is 12.0 Å². The number of thiophene rings is 1. The smallest absolute Gasteiger partial charge is 0.116 e. The van der Waals surface area contributed by atoms with E-state index in [1.165, 1.54) is 32.1 Å². The van der Waals surface area contributed by atoms with Gasteiger partial charge in [-0.15, -0.1) is 11.3 Å². The molecule has 0 amide bonds. The first-order valence-electron chi connectivity index (χ1n) is 4.86. The second-order valence-electron chi connectivity index (χ2n) is 3.59. The van der Waals surface area contributed by atoms with Gasteiger partial charge in [0.25, 0.3) is 0 Å². The van der Waals surface area contributed by atoms with Gasteiger partial charge in [-0.05, 0) is 24.3 Å². The van der Waals surface area contributed by atoms with Crippen LogP contribution in [0.1, 0.15) is 32.1 Å². The van der Waals surface area contributed by atoms with Gasteiger partial charge in [0.15, 0.2) is 0 Å². The van der Waals surface area contributed by atoms with Crippen molar-refractivity contribution in [3.8, 4) is 0 Å². The van der Waals surface area contributed by atoms with Gasteiger partial charge in [-0.25, -0.2) is 0 Å². The second-order valence-corrected chi connectivity index (χ2v) is 5.11. The quantitative estimate of drug-likeness (QED) is 0.782. The molecule has 1 nitrogen and oxygen atoms in total. The van der Waals surface area contributed by atoms with Crippen molar-refractivity contribution >= 4 is 28.6 Å². The second kappa shape index (κ2) is 4.34. The minimum absolute atomic E-state index is 0.654. The molecule has 13 heavy (non-hydrogen) atoms. The van der Waals surface area contributed by atoms with Gasteiger partial charge in [-0.1, -0.05) is 30.9 Å². The van der Waals surface area contributed by atoms with Crippen LogP contribution in [0.5, 0.6) is 0 Å². The van der Waals surface area contributed by atoms with Crippen LogP contribution >= 0.6 is 22.9 Å². The van der Waals surface area contributed by atoms with Gasteiger partial charge in [0.2, 0.25) is 0 Å². The van der Waals surface area contributed by atoms with Gasteiger partial charge in [0.1, 0.15) is 4.34 Å². The van der Waals surface area contributed by atoms with Crippen LogP contribution in [-0.2, 0) is 0 Å². The number of hydrogen-bond donors (Lipinski definition) is 1. The maximum atomic E-state index is 6.02. The highest BCUT2D eigenvalue weighted by molar-refractivity contribution is 7.15. The Kier molecular flexibility index (Phi) is 3.12. The predicted molar refractivity (Wildman–Crippen MR) is 59.8 cm³/mol. The fourth-order valence-corrected chi connectivity index (χ4v) is 2.71. The summed E-state index contributed by atoms with van der Waals surface area (Å²) in [6.45, 7) is 0. The Labute approximate surface area is 88.1 Å². The van der Waals surface area contributed by atoms with Gasteiger partial charge in [-0.3, -0.25) is 0 Å². The minimum atomic E-state index is 0.654. The summed E-state index contributed by atoms with van der Waals surface area (Å²) in [7, 11) is 0. The van der Waals surface area contributed by atoms with E-state index in [1.54, 1.807) is 11.3 Å². The maximum absolute atomic E-state index is 6.02. The van der Waals surface area contributed by atoms with Crippen LogP contribution in [0.25, 0.3) is 0 Å². The molecule has 3 heteroatoms. The molecule has 1 saturated carbocycles. The molecule has 1 aliphatic rings. The maximum Gasteiger partial charge on any atom is 0.116 e. The molecule has 1 aromatic heterocycles.